The fourth-order valence-corrected chi connectivity index (χ4v) is 1.69. The Morgan fingerprint density at radius 3 is 2.61 bits per heavy atom. The second kappa shape index (κ2) is 6.43. The summed E-state index contributed by atoms with van der Waals surface area (Å²) in [5.74, 6) is 0. The van der Waals surface area contributed by atoms with Gasteiger partial charge in [0.1, 0.15) is 0 Å². The third-order valence-corrected chi connectivity index (χ3v) is 2.49. The molecule has 0 heterocycles. The van der Waals surface area contributed by atoms with E-state index in [0.717, 1.165) is 12.1 Å². The van der Waals surface area contributed by atoms with E-state index in [-0.39, 0.29) is 11.6 Å². The van der Waals surface area contributed by atoms with Crippen molar-refractivity contribution in [3.05, 3.63) is 29.8 Å². The smallest absolute Gasteiger partial charge is 0.319 e. The Labute approximate surface area is 110 Å². The Hall–Kier alpha value is -1.51. The van der Waals surface area contributed by atoms with Gasteiger partial charge in [0.2, 0.25) is 0 Å². The van der Waals surface area contributed by atoms with Gasteiger partial charge in [-0.1, -0.05) is 25.5 Å². The minimum absolute atomic E-state index is 0.157. The lowest BCUT2D eigenvalue weighted by Gasteiger charge is -2.20. The number of carbonyl (C=O) groups is 1. The number of benzene rings is 1. The topological polar surface area (TPSA) is 41.1 Å². The SMILES string of the molecule is CCCCc1cccc(NC(=O)NC(C)(C)C)c1. The fourth-order valence-electron chi connectivity index (χ4n) is 1.69. The molecule has 0 atom stereocenters. The maximum atomic E-state index is 11.7. The first-order chi connectivity index (χ1) is 8.40. The van der Waals surface area contributed by atoms with Gasteiger partial charge in [-0.05, 0) is 51.3 Å². The summed E-state index contributed by atoms with van der Waals surface area (Å²) in [5, 5.41) is 5.75. The van der Waals surface area contributed by atoms with Crippen molar-refractivity contribution < 1.29 is 4.79 Å². The molecule has 2 amide bonds. The van der Waals surface area contributed by atoms with Crippen molar-refractivity contribution in [3.8, 4) is 0 Å². The number of urea groups is 1. The maximum Gasteiger partial charge on any atom is 0.319 e. The van der Waals surface area contributed by atoms with Gasteiger partial charge in [0.25, 0.3) is 0 Å². The van der Waals surface area contributed by atoms with Crippen molar-refractivity contribution in [2.24, 2.45) is 0 Å². The quantitative estimate of drug-likeness (QED) is 0.832. The van der Waals surface area contributed by atoms with Crippen LogP contribution in [0.25, 0.3) is 0 Å². The van der Waals surface area contributed by atoms with Crippen molar-refractivity contribution in [1.82, 2.24) is 5.32 Å². The largest absolute Gasteiger partial charge is 0.333 e. The predicted molar refractivity (Wildman–Crippen MR) is 77.0 cm³/mol. The van der Waals surface area contributed by atoms with Gasteiger partial charge >= 0.3 is 6.03 Å². The van der Waals surface area contributed by atoms with Crippen LogP contribution in [0.3, 0.4) is 0 Å². The highest BCUT2D eigenvalue weighted by atomic mass is 16.2. The highest BCUT2D eigenvalue weighted by molar-refractivity contribution is 5.89. The van der Waals surface area contributed by atoms with Gasteiger partial charge in [0, 0.05) is 11.2 Å². The number of amides is 2. The molecule has 0 aliphatic rings. The lowest BCUT2D eigenvalue weighted by Crippen LogP contribution is -2.43. The van der Waals surface area contributed by atoms with Crippen molar-refractivity contribution in [1.29, 1.82) is 0 Å². The molecule has 0 spiro atoms. The van der Waals surface area contributed by atoms with E-state index >= 15 is 0 Å². The normalized spacial score (nSPS) is 11.1. The summed E-state index contributed by atoms with van der Waals surface area (Å²) in [6.07, 6.45) is 3.42. The van der Waals surface area contributed by atoms with Gasteiger partial charge in [-0.25, -0.2) is 4.79 Å². The standard InChI is InChI=1S/C15H24N2O/c1-5-6-8-12-9-7-10-13(11-12)16-14(18)17-15(2,3)4/h7,9-11H,5-6,8H2,1-4H3,(H2,16,17,18). The average Bonchev–Trinajstić information content (AvgIpc) is 2.24. The molecule has 0 fully saturated rings. The molecule has 1 rings (SSSR count). The van der Waals surface area contributed by atoms with Gasteiger partial charge in [-0.15, -0.1) is 0 Å². The molecule has 0 aliphatic heterocycles. The zero-order valence-electron chi connectivity index (χ0n) is 11.8. The van der Waals surface area contributed by atoms with Crippen LogP contribution in [-0.4, -0.2) is 11.6 Å². The number of carbonyl (C=O) groups excluding carboxylic acids is 1. The van der Waals surface area contributed by atoms with Crippen LogP contribution in [0.1, 0.15) is 46.1 Å². The third-order valence-electron chi connectivity index (χ3n) is 2.49. The van der Waals surface area contributed by atoms with Gasteiger partial charge in [-0.2, -0.15) is 0 Å². The lowest BCUT2D eigenvalue weighted by atomic mass is 10.1. The number of anilines is 1. The predicted octanol–water partition coefficient (Wildman–Crippen LogP) is 3.95. The molecule has 0 aliphatic carbocycles. The van der Waals surface area contributed by atoms with E-state index < -0.39 is 0 Å². The fraction of sp³-hybridized carbons (Fsp3) is 0.533. The highest BCUT2D eigenvalue weighted by Gasteiger charge is 2.13. The van der Waals surface area contributed by atoms with Crippen molar-refractivity contribution in [3.63, 3.8) is 0 Å². The summed E-state index contributed by atoms with van der Waals surface area (Å²) in [6, 6.07) is 7.88. The second-order valence-electron chi connectivity index (χ2n) is 5.63. The molecule has 1 aromatic rings. The van der Waals surface area contributed by atoms with Gasteiger partial charge in [0.15, 0.2) is 0 Å². The van der Waals surface area contributed by atoms with Crippen molar-refractivity contribution in [2.75, 3.05) is 5.32 Å². The van der Waals surface area contributed by atoms with Gasteiger partial charge in [0.05, 0.1) is 0 Å². The van der Waals surface area contributed by atoms with E-state index in [0.29, 0.717) is 0 Å². The summed E-state index contributed by atoms with van der Waals surface area (Å²) in [7, 11) is 0. The summed E-state index contributed by atoms with van der Waals surface area (Å²) < 4.78 is 0. The van der Waals surface area contributed by atoms with Crippen LogP contribution in [0.2, 0.25) is 0 Å². The molecule has 0 saturated carbocycles. The van der Waals surface area contributed by atoms with E-state index in [1.165, 1.54) is 18.4 Å². The maximum absolute atomic E-state index is 11.7. The molecular formula is C15H24N2O. The van der Waals surface area contributed by atoms with Crippen molar-refractivity contribution in [2.45, 2.75) is 52.5 Å². The Kier molecular flexibility index (Phi) is 5.20. The number of aryl methyl sites for hydroxylation is 1. The minimum Gasteiger partial charge on any atom is -0.333 e. The van der Waals surface area contributed by atoms with Crippen LogP contribution in [-0.2, 0) is 6.42 Å². The Bertz CT molecular complexity index is 394. The molecule has 3 heteroatoms. The molecule has 0 radical (unpaired) electrons. The van der Waals surface area contributed by atoms with E-state index in [1.54, 1.807) is 0 Å². The number of nitrogens with one attached hydrogen (secondary N) is 2. The third kappa shape index (κ3) is 5.71. The molecule has 0 unspecified atom stereocenters. The number of rotatable bonds is 4. The van der Waals surface area contributed by atoms with E-state index in [1.807, 2.05) is 39.0 Å². The van der Waals surface area contributed by atoms with Crippen molar-refractivity contribution >= 4 is 11.7 Å². The van der Waals surface area contributed by atoms with E-state index in [9.17, 15) is 4.79 Å². The number of unbranched alkanes of at least 4 members (excludes halogenated alkanes) is 1. The first-order valence-corrected chi connectivity index (χ1v) is 6.59. The van der Waals surface area contributed by atoms with Gasteiger partial charge in [-0.3, -0.25) is 0 Å². The molecule has 18 heavy (non-hydrogen) atoms. The molecule has 0 bridgehead atoms. The van der Waals surface area contributed by atoms with Crippen LogP contribution < -0.4 is 10.6 Å². The van der Waals surface area contributed by atoms with Crippen LogP contribution in [0, 0.1) is 0 Å². The van der Waals surface area contributed by atoms with E-state index in [2.05, 4.69) is 23.6 Å². The average molecular weight is 248 g/mol. The van der Waals surface area contributed by atoms with Crippen LogP contribution in [0.15, 0.2) is 24.3 Å². The molecule has 0 saturated heterocycles. The first-order valence-electron chi connectivity index (χ1n) is 6.59. The lowest BCUT2D eigenvalue weighted by molar-refractivity contribution is 0.244. The summed E-state index contributed by atoms with van der Waals surface area (Å²) in [5.41, 5.74) is 1.90. The van der Waals surface area contributed by atoms with Crippen LogP contribution in [0.5, 0.6) is 0 Å². The minimum atomic E-state index is -0.218. The molecule has 0 aromatic heterocycles. The number of hydrogen-bond acceptors (Lipinski definition) is 1. The monoisotopic (exact) mass is 248 g/mol. The van der Waals surface area contributed by atoms with Crippen LogP contribution >= 0.6 is 0 Å². The van der Waals surface area contributed by atoms with Crippen LogP contribution in [0.4, 0.5) is 10.5 Å². The summed E-state index contributed by atoms with van der Waals surface area (Å²) >= 11 is 0. The molecule has 3 nitrogen and oxygen atoms in total. The summed E-state index contributed by atoms with van der Waals surface area (Å²) in [6.45, 7) is 8.07. The second-order valence-corrected chi connectivity index (χ2v) is 5.63. The van der Waals surface area contributed by atoms with E-state index in [4.69, 9.17) is 0 Å². The Morgan fingerprint density at radius 2 is 2.00 bits per heavy atom. The molecular weight excluding hydrogens is 224 g/mol. The molecule has 100 valence electrons. The zero-order chi connectivity index (χ0) is 13.6. The first kappa shape index (κ1) is 14.6. The molecule has 1 aromatic carbocycles. The Balaban J connectivity index is 2.59. The number of hydrogen-bond donors (Lipinski definition) is 2. The zero-order valence-corrected chi connectivity index (χ0v) is 11.8. The molecule has 2 N–H and O–H groups in total. The Morgan fingerprint density at radius 1 is 1.28 bits per heavy atom. The van der Waals surface area contributed by atoms with Gasteiger partial charge < -0.3 is 10.6 Å². The summed E-state index contributed by atoms with van der Waals surface area (Å²) in [4.78, 5) is 11.7. The highest BCUT2D eigenvalue weighted by Crippen LogP contribution is 2.13.